The van der Waals surface area contributed by atoms with Gasteiger partial charge >= 0.3 is 5.97 Å². The van der Waals surface area contributed by atoms with Crippen molar-refractivity contribution in [3.8, 4) is 0 Å². The Bertz CT molecular complexity index is 1110. The second kappa shape index (κ2) is 8.61. The van der Waals surface area contributed by atoms with Gasteiger partial charge in [0.2, 0.25) is 9.37 Å². The zero-order valence-corrected chi connectivity index (χ0v) is 19.6. The maximum atomic E-state index is 12.5. The van der Waals surface area contributed by atoms with E-state index >= 15 is 0 Å². The monoisotopic (exact) mass is 473 g/mol. The molecule has 0 amide bonds. The number of ether oxygens (including phenoxy) is 1. The third-order valence-corrected chi connectivity index (χ3v) is 8.31. The van der Waals surface area contributed by atoms with E-state index in [4.69, 9.17) is 16.3 Å². The first-order chi connectivity index (χ1) is 14.9. The molecule has 1 spiro atoms. The van der Waals surface area contributed by atoms with Gasteiger partial charge in [0.25, 0.3) is 0 Å². The molecule has 2 aliphatic rings. The number of halogens is 1. The molecule has 1 atom stereocenters. The predicted molar refractivity (Wildman–Crippen MR) is 127 cm³/mol. The first-order valence-corrected chi connectivity index (χ1v) is 11.5. The molecule has 2 aromatic carbocycles. The minimum Gasteiger partial charge on any atom is -0.464 e. The van der Waals surface area contributed by atoms with E-state index in [0.29, 0.717) is 22.2 Å². The summed E-state index contributed by atoms with van der Waals surface area (Å²) in [5.41, 5.74) is 2.53. The maximum absolute atomic E-state index is 12.5. The molecule has 160 valence electrons. The van der Waals surface area contributed by atoms with Crippen molar-refractivity contribution in [2.24, 2.45) is 5.10 Å². The van der Waals surface area contributed by atoms with Gasteiger partial charge in [-0.3, -0.25) is 4.79 Å². The lowest BCUT2D eigenvalue weighted by molar-refractivity contribution is -0.132. The van der Waals surface area contributed by atoms with E-state index in [1.54, 1.807) is 18.0 Å². The Kier molecular flexibility index (Phi) is 6.05. The number of methoxy groups -OCH3 is 1. The molecule has 6 nitrogen and oxygen atoms in total. The Labute approximate surface area is 194 Å². The van der Waals surface area contributed by atoms with Crippen LogP contribution in [-0.4, -0.2) is 33.1 Å². The molecule has 0 unspecified atom stereocenters. The average molecular weight is 474 g/mol. The number of carbonyl (C=O) groups excluding carboxylic acids is 2. The number of nitrogens with zero attached hydrogens (tertiary/aromatic N) is 3. The van der Waals surface area contributed by atoms with Crippen LogP contribution in [0.5, 0.6) is 0 Å². The van der Waals surface area contributed by atoms with Gasteiger partial charge in [-0.15, -0.1) is 0 Å². The van der Waals surface area contributed by atoms with Crippen molar-refractivity contribution in [2.75, 3.05) is 12.1 Å². The fourth-order valence-corrected chi connectivity index (χ4v) is 6.64. The molecule has 0 saturated carbocycles. The Morgan fingerprint density at radius 3 is 2.42 bits per heavy atom. The van der Waals surface area contributed by atoms with E-state index in [9.17, 15) is 9.59 Å². The summed E-state index contributed by atoms with van der Waals surface area (Å²) in [6.07, 6.45) is 0. The number of Topliss-reactive ketones (excluding diaryl/α,β-unsaturated/α-hetero) is 1. The highest BCUT2D eigenvalue weighted by atomic mass is 35.5. The van der Waals surface area contributed by atoms with Crippen LogP contribution in [0.4, 0.5) is 5.69 Å². The van der Waals surface area contributed by atoms with Crippen molar-refractivity contribution in [1.29, 1.82) is 0 Å². The van der Waals surface area contributed by atoms with Crippen LogP contribution in [0.2, 0.25) is 5.02 Å². The first kappa shape index (κ1) is 21.8. The number of anilines is 1. The van der Waals surface area contributed by atoms with Gasteiger partial charge in [-0.25, -0.2) is 9.80 Å². The molecule has 0 saturated heterocycles. The molecule has 0 aromatic heterocycles. The number of benzene rings is 2. The summed E-state index contributed by atoms with van der Waals surface area (Å²) in [7, 11) is 1.32. The highest BCUT2D eigenvalue weighted by molar-refractivity contribution is 8.28. The molecule has 4 rings (SSSR count). The number of esters is 1. The van der Waals surface area contributed by atoms with Crippen LogP contribution in [-0.2, 0) is 20.9 Å². The number of carbonyl (C=O) groups is 2. The van der Waals surface area contributed by atoms with Gasteiger partial charge in [0.05, 0.1) is 22.7 Å². The molecule has 2 aromatic rings. The zero-order chi connectivity index (χ0) is 22.2. The molecule has 2 heterocycles. The molecule has 2 aliphatic heterocycles. The Hall–Kier alpha value is -2.42. The number of rotatable bonds is 5. The summed E-state index contributed by atoms with van der Waals surface area (Å²) < 4.78 is 4.01. The SMILES string of the molecule is COC(=O)C1=NN(c2ccccc2Cl)[C@@]2(S1)SC(C(C)=O)=C(C)N2Cc1ccccc1. The van der Waals surface area contributed by atoms with Gasteiger partial charge in [-0.05, 0) is 43.3 Å². The largest absolute Gasteiger partial charge is 0.464 e. The number of hydrazone groups is 1. The van der Waals surface area contributed by atoms with Crippen LogP contribution in [0.15, 0.2) is 70.3 Å². The van der Waals surface area contributed by atoms with E-state index in [1.165, 1.54) is 30.6 Å². The quantitative estimate of drug-likeness (QED) is 0.562. The van der Waals surface area contributed by atoms with E-state index in [0.717, 1.165) is 11.3 Å². The molecule has 0 radical (unpaired) electrons. The zero-order valence-electron chi connectivity index (χ0n) is 17.2. The van der Waals surface area contributed by atoms with Gasteiger partial charge in [0.1, 0.15) is 0 Å². The van der Waals surface area contributed by atoms with Crippen molar-refractivity contribution >= 4 is 57.6 Å². The molecule has 0 fully saturated rings. The van der Waals surface area contributed by atoms with E-state index in [-0.39, 0.29) is 10.8 Å². The Morgan fingerprint density at radius 1 is 1.10 bits per heavy atom. The molecular formula is C22H20ClN3O3S2. The topological polar surface area (TPSA) is 62.2 Å². The molecule has 0 aliphatic carbocycles. The van der Waals surface area contributed by atoms with Gasteiger partial charge in [-0.2, -0.15) is 5.10 Å². The van der Waals surface area contributed by atoms with Crippen LogP contribution in [0.25, 0.3) is 0 Å². The summed E-state index contributed by atoms with van der Waals surface area (Å²) >= 11 is 9.15. The van der Waals surface area contributed by atoms with Crippen LogP contribution < -0.4 is 5.01 Å². The van der Waals surface area contributed by atoms with Gasteiger partial charge in [-0.1, -0.05) is 65.8 Å². The average Bonchev–Trinajstić information content (AvgIpc) is 3.28. The fourth-order valence-electron chi connectivity index (χ4n) is 3.48. The fraction of sp³-hybridized carbons (Fsp3) is 0.227. The van der Waals surface area contributed by atoms with Crippen LogP contribution in [0.3, 0.4) is 0 Å². The van der Waals surface area contributed by atoms with Crippen LogP contribution in [0.1, 0.15) is 19.4 Å². The number of hydrogen-bond acceptors (Lipinski definition) is 8. The first-order valence-electron chi connectivity index (χ1n) is 9.50. The lowest BCUT2D eigenvalue weighted by atomic mass is 10.2. The highest BCUT2D eigenvalue weighted by Gasteiger charge is 2.57. The molecule has 31 heavy (non-hydrogen) atoms. The minimum absolute atomic E-state index is 0.0383. The van der Waals surface area contributed by atoms with Gasteiger partial charge in [0, 0.05) is 12.2 Å². The Morgan fingerprint density at radius 2 is 1.77 bits per heavy atom. The van der Waals surface area contributed by atoms with Crippen molar-refractivity contribution < 1.29 is 14.3 Å². The standard InChI is InChI=1S/C22H20ClN3O3S2/c1-14-19(15(2)27)30-22(25(14)13-16-9-5-4-6-10-16)26(18-12-8-7-11-17(18)23)24-20(31-22)21(28)29-3/h4-12H,13H2,1-3H3/t22-/m1/s1. The third kappa shape index (κ3) is 3.84. The molecule has 0 N–H and O–H groups in total. The van der Waals surface area contributed by atoms with E-state index in [1.807, 2.05) is 55.5 Å². The second-order valence-electron chi connectivity index (χ2n) is 6.96. The lowest BCUT2D eigenvalue weighted by Crippen LogP contribution is -2.49. The summed E-state index contributed by atoms with van der Waals surface area (Å²) in [5.74, 6) is -0.572. The Balaban J connectivity index is 1.86. The number of allylic oxidation sites excluding steroid dienone is 2. The number of ketones is 1. The number of thioether (sulfide) groups is 2. The van der Waals surface area contributed by atoms with Crippen molar-refractivity contribution in [3.05, 3.63) is 75.8 Å². The molecule has 9 heteroatoms. The summed E-state index contributed by atoms with van der Waals surface area (Å²) in [5, 5.41) is 7.01. The van der Waals surface area contributed by atoms with Crippen LogP contribution in [0, 0.1) is 0 Å². The van der Waals surface area contributed by atoms with Crippen molar-refractivity contribution in [1.82, 2.24) is 4.90 Å². The van der Waals surface area contributed by atoms with Gasteiger partial charge < -0.3 is 9.64 Å². The van der Waals surface area contributed by atoms with E-state index in [2.05, 4.69) is 10.0 Å². The predicted octanol–water partition coefficient (Wildman–Crippen LogP) is 5.06. The second-order valence-corrected chi connectivity index (χ2v) is 9.96. The van der Waals surface area contributed by atoms with Crippen molar-refractivity contribution in [2.45, 2.75) is 24.7 Å². The summed E-state index contributed by atoms with van der Waals surface area (Å²) in [6.45, 7) is 3.99. The third-order valence-electron chi connectivity index (χ3n) is 4.94. The summed E-state index contributed by atoms with van der Waals surface area (Å²) in [6, 6.07) is 17.3. The van der Waals surface area contributed by atoms with Crippen molar-refractivity contribution in [3.63, 3.8) is 0 Å². The van der Waals surface area contributed by atoms with Crippen LogP contribution >= 0.6 is 35.1 Å². The minimum atomic E-state index is -0.935. The highest BCUT2D eigenvalue weighted by Crippen LogP contribution is 2.60. The smallest absolute Gasteiger partial charge is 0.365 e. The molecular weight excluding hydrogens is 454 g/mol. The van der Waals surface area contributed by atoms with E-state index < -0.39 is 10.3 Å². The summed E-state index contributed by atoms with van der Waals surface area (Å²) in [4.78, 5) is 27.6. The lowest BCUT2D eigenvalue weighted by Gasteiger charge is -2.41. The van der Waals surface area contributed by atoms with Gasteiger partial charge in [0.15, 0.2) is 5.78 Å². The number of para-hydroxylation sites is 1. The normalized spacial score (nSPS) is 20.5. The molecule has 0 bridgehead atoms. The maximum Gasteiger partial charge on any atom is 0.365 e. The number of hydrogen-bond donors (Lipinski definition) is 0.